The first-order valence-electron chi connectivity index (χ1n) is 5.12. The summed E-state index contributed by atoms with van der Waals surface area (Å²) in [6.45, 7) is 0.453. The van der Waals surface area contributed by atoms with Crippen molar-refractivity contribution < 1.29 is 9.66 Å². The van der Waals surface area contributed by atoms with Gasteiger partial charge in [0.25, 0.3) is 0 Å². The molecule has 2 N–H and O–H groups in total. The number of hydrogen-bond acceptors (Lipinski definition) is 6. The van der Waals surface area contributed by atoms with E-state index < -0.39 is 4.92 Å². The van der Waals surface area contributed by atoms with Crippen LogP contribution in [0.1, 0.15) is 5.56 Å². The van der Waals surface area contributed by atoms with Crippen molar-refractivity contribution in [2.45, 2.75) is 6.54 Å². The van der Waals surface area contributed by atoms with E-state index in [1.165, 1.54) is 0 Å². The summed E-state index contributed by atoms with van der Waals surface area (Å²) in [5.41, 5.74) is 6.27. The van der Waals surface area contributed by atoms with Crippen molar-refractivity contribution in [2.75, 3.05) is 0 Å². The Balaban J connectivity index is 2.10. The van der Waals surface area contributed by atoms with Crippen molar-refractivity contribution in [2.24, 2.45) is 5.73 Å². The number of hydrogen-bond donors (Lipinski definition) is 1. The average Bonchev–Trinajstić information content (AvgIpc) is 2.40. The Morgan fingerprint density at radius 1 is 1.22 bits per heavy atom. The third kappa shape index (κ3) is 2.77. The number of benzene rings is 1. The summed E-state index contributed by atoms with van der Waals surface area (Å²) in [5, 5.41) is 10.4. The van der Waals surface area contributed by atoms with Crippen molar-refractivity contribution >= 4 is 5.69 Å². The summed E-state index contributed by atoms with van der Waals surface area (Å²) >= 11 is 0. The number of nitrogens with two attached hydrogens (primary N) is 1. The van der Waals surface area contributed by atoms with Crippen LogP contribution in [0.5, 0.6) is 11.8 Å². The quantitative estimate of drug-likeness (QED) is 0.649. The molecule has 2 rings (SSSR count). The highest BCUT2D eigenvalue weighted by Gasteiger charge is 2.07. The minimum Gasteiger partial charge on any atom is -0.424 e. The zero-order chi connectivity index (χ0) is 13.0. The Morgan fingerprint density at radius 3 is 2.33 bits per heavy atom. The Morgan fingerprint density at radius 2 is 1.83 bits per heavy atom. The minimum absolute atomic E-state index is 0.0566. The molecule has 1 heterocycles. The van der Waals surface area contributed by atoms with Crippen LogP contribution in [0.4, 0.5) is 5.69 Å². The molecule has 0 unspecified atom stereocenters. The van der Waals surface area contributed by atoms with E-state index in [0.717, 1.165) is 18.0 Å². The molecule has 0 saturated heterocycles. The van der Waals surface area contributed by atoms with Gasteiger partial charge in [0.05, 0.1) is 4.92 Å². The van der Waals surface area contributed by atoms with Crippen molar-refractivity contribution in [1.29, 1.82) is 0 Å². The van der Waals surface area contributed by atoms with Crippen LogP contribution < -0.4 is 10.5 Å². The lowest BCUT2D eigenvalue weighted by Gasteiger charge is -2.03. The van der Waals surface area contributed by atoms with Gasteiger partial charge in [0.15, 0.2) is 0 Å². The van der Waals surface area contributed by atoms with E-state index in [4.69, 9.17) is 10.5 Å². The summed E-state index contributed by atoms with van der Waals surface area (Å²) in [4.78, 5) is 17.3. The minimum atomic E-state index is -0.570. The molecule has 0 saturated carbocycles. The molecule has 1 aromatic heterocycles. The second kappa shape index (κ2) is 5.19. The number of nitrogens with zero attached hydrogens (tertiary/aromatic N) is 3. The fourth-order valence-electron chi connectivity index (χ4n) is 1.26. The highest BCUT2D eigenvalue weighted by atomic mass is 16.6. The molecule has 0 spiro atoms. The van der Waals surface area contributed by atoms with E-state index in [2.05, 4.69) is 9.97 Å². The second-order valence-corrected chi connectivity index (χ2v) is 3.43. The third-order valence-corrected chi connectivity index (χ3v) is 2.19. The molecule has 0 aliphatic rings. The number of ether oxygens (including phenoxy) is 1. The monoisotopic (exact) mass is 246 g/mol. The van der Waals surface area contributed by atoms with Gasteiger partial charge >= 0.3 is 11.7 Å². The molecule has 0 amide bonds. The van der Waals surface area contributed by atoms with E-state index in [1.54, 1.807) is 12.1 Å². The normalized spacial score (nSPS) is 10.1. The molecule has 7 heteroatoms. The van der Waals surface area contributed by atoms with Crippen LogP contribution in [0.25, 0.3) is 0 Å². The lowest BCUT2D eigenvalue weighted by Crippen LogP contribution is -1.97. The summed E-state index contributed by atoms with van der Waals surface area (Å²) in [7, 11) is 0. The van der Waals surface area contributed by atoms with Crippen LogP contribution in [-0.2, 0) is 6.54 Å². The molecule has 0 atom stereocenters. The maximum absolute atomic E-state index is 10.4. The van der Waals surface area contributed by atoms with E-state index in [1.807, 2.05) is 12.1 Å². The molecule has 1 aromatic carbocycles. The molecular weight excluding hydrogens is 236 g/mol. The van der Waals surface area contributed by atoms with E-state index in [0.29, 0.717) is 12.3 Å². The van der Waals surface area contributed by atoms with Crippen LogP contribution in [0.15, 0.2) is 36.7 Å². The van der Waals surface area contributed by atoms with Gasteiger partial charge in [-0.3, -0.25) is 10.1 Å². The highest BCUT2D eigenvalue weighted by molar-refractivity contribution is 5.30. The largest absolute Gasteiger partial charge is 0.424 e. The Hall–Kier alpha value is -2.54. The Bertz CT molecular complexity index is 539. The topological polar surface area (TPSA) is 104 Å². The van der Waals surface area contributed by atoms with Crippen molar-refractivity contribution in [3.8, 4) is 11.8 Å². The average molecular weight is 246 g/mol. The Labute approximate surface area is 102 Å². The first-order chi connectivity index (χ1) is 8.69. The first-order valence-corrected chi connectivity index (χ1v) is 5.12. The van der Waals surface area contributed by atoms with Gasteiger partial charge in [0.2, 0.25) is 0 Å². The lowest BCUT2D eigenvalue weighted by atomic mass is 10.2. The highest BCUT2D eigenvalue weighted by Crippen LogP contribution is 2.19. The van der Waals surface area contributed by atoms with Crippen molar-refractivity contribution in [1.82, 2.24) is 9.97 Å². The number of rotatable bonds is 4. The molecule has 0 bridgehead atoms. The van der Waals surface area contributed by atoms with Crippen molar-refractivity contribution in [3.05, 3.63) is 52.3 Å². The zero-order valence-electron chi connectivity index (χ0n) is 9.31. The molecule has 92 valence electrons. The summed E-state index contributed by atoms with van der Waals surface area (Å²) in [6.07, 6.45) is 2.19. The fraction of sp³-hybridized carbons (Fsp3) is 0.0909. The van der Waals surface area contributed by atoms with Gasteiger partial charge in [-0.15, -0.1) is 0 Å². The molecule has 7 nitrogen and oxygen atoms in total. The van der Waals surface area contributed by atoms with Gasteiger partial charge in [0, 0.05) is 6.54 Å². The lowest BCUT2D eigenvalue weighted by molar-refractivity contribution is -0.385. The molecule has 18 heavy (non-hydrogen) atoms. The van der Waals surface area contributed by atoms with Gasteiger partial charge in [-0.25, -0.2) is 0 Å². The van der Waals surface area contributed by atoms with Crippen LogP contribution in [-0.4, -0.2) is 14.9 Å². The van der Waals surface area contributed by atoms with Gasteiger partial charge < -0.3 is 10.5 Å². The van der Waals surface area contributed by atoms with Crippen LogP contribution >= 0.6 is 0 Å². The number of aromatic nitrogens is 2. The third-order valence-electron chi connectivity index (χ3n) is 2.19. The zero-order valence-corrected chi connectivity index (χ0v) is 9.31. The van der Waals surface area contributed by atoms with Gasteiger partial charge in [-0.2, -0.15) is 9.97 Å². The standard InChI is InChI=1S/C11H10N4O3/c12-5-8-1-3-10(4-2-8)18-11-13-6-9(7-14-11)15(16)17/h1-4,6-7H,5,12H2. The summed E-state index contributed by atoms with van der Waals surface area (Å²) in [5.74, 6) is 0.543. The van der Waals surface area contributed by atoms with Gasteiger partial charge in [0.1, 0.15) is 18.1 Å². The Kier molecular flexibility index (Phi) is 3.44. The molecule has 0 fully saturated rings. The predicted octanol–water partition coefficient (Wildman–Crippen LogP) is 1.64. The molecular formula is C11H10N4O3. The van der Waals surface area contributed by atoms with Gasteiger partial charge in [-0.1, -0.05) is 12.1 Å². The maximum Gasteiger partial charge on any atom is 0.322 e. The SMILES string of the molecule is NCc1ccc(Oc2ncc([N+](=O)[O-])cn2)cc1. The summed E-state index contributed by atoms with van der Waals surface area (Å²) in [6, 6.07) is 7.16. The van der Waals surface area contributed by atoms with E-state index in [9.17, 15) is 10.1 Å². The molecule has 0 aliphatic carbocycles. The van der Waals surface area contributed by atoms with E-state index in [-0.39, 0.29) is 11.7 Å². The predicted molar refractivity (Wildman–Crippen MR) is 63.1 cm³/mol. The fourth-order valence-corrected chi connectivity index (χ4v) is 1.26. The maximum atomic E-state index is 10.4. The molecule has 0 aliphatic heterocycles. The van der Waals surface area contributed by atoms with E-state index >= 15 is 0 Å². The second-order valence-electron chi connectivity index (χ2n) is 3.43. The molecule has 2 aromatic rings. The van der Waals surface area contributed by atoms with Crippen molar-refractivity contribution in [3.63, 3.8) is 0 Å². The molecule has 0 radical (unpaired) electrons. The van der Waals surface area contributed by atoms with Crippen LogP contribution in [0.2, 0.25) is 0 Å². The van der Waals surface area contributed by atoms with Gasteiger partial charge in [-0.05, 0) is 17.7 Å². The summed E-state index contributed by atoms with van der Waals surface area (Å²) < 4.78 is 5.33. The van der Waals surface area contributed by atoms with Crippen LogP contribution in [0.3, 0.4) is 0 Å². The van der Waals surface area contributed by atoms with Crippen LogP contribution in [0, 0.1) is 10.1 Å². The first kappa shape index (κ1) is 11.9. The number of nitro groups is 1. The smallest absolute Gasteiger partial charge is 0.322 e.